The Morgan fingerprint density at radius 1 is 1.14 bits per heavy atom. The number of halogens is 3. The van der Waals surface area contributed by atoms with Gasteiger partial charge < -0.3 is 4.74 Å². The third-order valence-electron chi connectivity index (χ3n) is 3.03. The normalized spacial score (nSPS) is 10.8. The van der Waals surface area contributed by atoms with E-state index in [0.717, 1.165) is 16.5 Å². The van der Waals surface area contributed by atoms with E-state index in [2.05, 4.69) is 20.9 Å². The molecule has 2 aromatic carbocycles. The lowest BCUT2D eigenvalue weighted by Gasteiger charge is -2.11. The molecule has 0 bridgehead atoms. The van der Waals surface area contributed by atoms with Crippen LogP contribution in [0.5, 0.6) is 11.6 Å². The van der Waals surface area contributed by atoms with E-state index in [1.165, 1.54) is 12.1 Å². The van der Waals surface area contributed by atoms with Crippen molar-refractivity contribution >= 4 is 38.4 Å². The molecule has 3 rings (SSSR count). The monoisotopic (exact) mass is 365 g/mol. The molecule has 106 valence electrons. The SMILES string of the molecule is Fc1c(Cl)cccc1Oc1nc2ccccc2cc1CBr. The lowest BCUT2D eigenvalue weighted by molar-refractivity contribution is 0.426. The number of rotatable bonds is 3. The topological polar surface area (TPSA) is 22.1 Å². The number of benzene rings is 2. The Morgan fingerprint density at radius 2 is 1.95 bits per heavy atom. The zero-order valence-corrected chi connectivity index (χ0v) is 13.2. The highest BCUT2D eigenvalue weighted by atomic mass is 79.9. The Hall–Kier alpha value is -1.65. The summed E-state index contributed by atoms with van der Waals surface area (Å²) in [6, 6.07) is 14.3. The van der Waals surface area contributed by atoms with Gasteiger partial charge in [0.05, 0.1) is 10.5 Å². The lowest BCUT2D eigenvalue weighted by atomic mass is 10.2. The van der Waals surface area contributed by atoms with Crippen molar-refractivity contribution in [3.63, 3.8) is 0 Å². The van der Waals surface area contributed by atoms with Gasteiger partial charge in [0, 0.05) is 16.3 Å². The van der Waals surface area contributed by atoms with Crippen LogP contribution in [0, 0.1) is 5.82 Å². The molecule has 3 aromatic rings. The lowest BCUT2D eigenvalue weighted by Crippen LogP contribution is -1.96. The van der Waals surface area contributed by atoms with Crippen molar-refractivity contribution in [1.82, 2.24) is 4.98 Å². The van der Waals surface area contributed by atoms with Crippen LogP contribution < -0.4 is 4.74 Å². The molecule has 0 radical (unpaired) electrons. The first-order chi connectivity index (χ1) is 10.2. The van der Waals surface area contributed by atoms with Crippen LogP contribution in [-0.2, 0) is 5.33 Å². The van der Waals surface area contributed by atoms with Crippen molar-refractivity contribution in [2.45, 2.75) is 5.33 Å². The van der Waals surface area contributed by atoms with Gasteiger partial charge in [-0.3, -0.25) is 0 Å². The van der Waals surface area contributed by atoms with E-state index in [4.69, 9.17) is 16.3 Å². The molecular formula is C16H10BrClFNO. The molecular weight excluding hydrogens is 357 g/mol. The van der Waals surface area contributed by atoms with E-state index in [1.54, 1.807) is 6.07 Å². The Kier molecular flexibility index (Phi) is 4.08. The maximum Gasteiger partial charge on any atom is 0.224 e. The quantitative estimate of drug-likeness (QED) is 0.554. The van der Waals surface area contributed by atoms with Crippen LogP contribution in [0.25, 0.3) is 10.9 Å². The largest absolute Gasteiger partial charge is 0.436 e. The highest BCUT2D eigenvalue weighted by Crippen LogP contribution is 2.32. The van der Waals surface area contributed by atoms with Gasteiger partial charge in [0.2, 0.25) is 5.88 Å². The van der Waals surface area contributed by atoms with Crippen LogP contribution in [0.4, 0.5) is 4.39 Å². The minimum absolute atomic E-state index is 0.0219. The number of alkyl halides is 1. The maximum atomic E-state index is 13.9. The summed E-state index contributed by atoms with van der Waals surface area (Å²) in [4.78, 5) is 4.45. The molecule has 0 saturated heterocycles. The predicted molar refractivity (Wildman–Crippen MR) is 85.9 cm³/mol. The molecule has 0 N–H and O–H groups in total. The average Bonchev–Trinajstić information content (AvgIpc) is 2.51. The van der Waals surface area contributed by atoms with E-state index >= 15 is 0 Å². The molecule has 0 aliphatic carbocycles. The predicted octanol–water partition coefficient (Wildman–Crippen LogP) is 5.71. The van der Waals surface area contributed by atoms with Crippen LogP contribution in [0.3, 0.4) is 0 Å². The second kappa shape index (κ2) is 6.00. The Balaban J connectivity index is 2.09. The van der Waals surface area contributed by atoms with Gasteiger partial charge in [-0.1, -0.05) is 51.8 Å². The van der Waals surface area contributed by atoms with Gasteiger partial charge >= 0.3 is 0 Å². The summed E-state index contributed by atoms with van der Waals surface area (Å²) in [5.74, 6) is -0.158. The summed E-state index contributed by atoms with van der Waals surface area (Å²) >= 11 is 9.16. The number of nitrogens with zero attached hydrogens (tertiary/aromatic N) is 1. The molecule has 1 aromatic heterocycles. The highest BCUT2D eigenvalue weighted by Gasteiger charge is 2.13. The van der Waals surface area contributed by atoms with Crippen molar-refractivity contribution in [1.29, 1.82) is 0 Å². The van der Waals surface area contributed by atoms with Gasteiger partial charge in [0.15, 0.2) is 11.6 Å². The second-order valence-electron chi connectivity index (χ2n) is 4.43. The fourth-order valence-corrected chi connectivity index (χ4v) is 2.56. The van der Waals surface area contributed by atoms with Crippen LogP contribution in [0.1, 0.15) is 5.56 Å². The first-order valence-electron chi connectivity index (χ1n) is 6.25. The van der Waals surface area contributed by atoms with Gasteiger partial charge in [0.25, 0.3) is 0 Å². The zero-order chi connectivity index (χ0) is 14.8. The molecule has 0 aliphatic rings. The number of hydrogen-bond donors (Lipinski definition) is 0. The molecule has 0 spiro atoms. The van der Waals surface area contributed by atoms with Gasteiger partial charge in [-0.2, -0.15) is 0 Å². The molecule has 0 aliphatic heterocycles. The van der Waals surface area contributed by atoms with Crippen molar-refractivity contribution < 1.29 is 9.13 Å². The summed E-state index contributed by atoms with van der Waals surface area (Å²) in [5, 5.41) is 1.59. The van der Waals surface area contributed by atoms with Gasteiger partial charge in [-0.05, 0) is 24.3 Å². The molecule has 0 amide bonds. The van der Waals surface area contributed by atoms with E-state index < -0.39 is 5.82 Å². The molecule has 0 saturated carbocycles. The van der Waals surface area contributed by atoms with Crippen molar-refractivity contribution in [3.8, 4) is 11.6 Å². The van der Waals surface area contributed by atoms with E-state index in [0.29, 0.717) is 11.2 Å². The van der Waals surface area contributed by atoms with Gasteiger partial charge in [-0.25, -0.2) is 9.37 Å². The third kappa shape index (κ3) is 2.87. The molecule has 0 fully saturated rings. The maximum absolute atomic E-state index is 13.9. The molecule has 5 heteroatoms. The molecule has 0 unspecified atom stereocenters. The number of para-hydroxylation sites is 1. The summed E-state index contributed by atoms with van der Waals surface area (Å²) in [7, 11) is 0. The zero-order valence-electron chi connectivity index (χ0n) is 10.8. The first kappa shape index (κ1) is 14.3. The summed E-state index contributed by atoms with van der Waals surface area (Å²) in [5.41, 5.74) is 1.63. The van der Waals surface area contributed by atoms with Crippen LogP contribution in [0.2, 0.25) is 5.02 Å². The average molecular weight is 367 g/mol. The van der Waals surface area contributed by atoms with Gasteiger partial charge in [0.1, 0.15) is 0 Å². The number of aromatic nitrogens is 1. The van der Waals surface area contributed by atoms with E-state index in [1.807, 2.05) is 30.3 Å². The van der Waals surface area contributed by atoms with Crippen LogP contribution in [0.15, 0.2) is 48.5 Å². The Labute approximate surface area is 134 Å². The van der Waals surface area contributed by atoms with Gasteiger partial charge in [-0.15, -0.1) is 0 Å². The highest BCUT2D eigenvalue weighted by molar-refractivity contribution is 9.08. The summed E-state index contributed by atoms with van der Waals surface area (Å²) in [6.07, 6.45) is 0. The van der Waals surface area contributed by atoms with Crippen molar-refractivity contribution in [2.75, 3.05) is 0 Å². The molecule has 0 atom stereocenters. The fourth-order valence-electron chi connectivity index (χ4n) is 1.99. The second-order valence-corrected chi connectivity index (χ2v) is 5.40. The Morgan fingerprint density at radius 3 is 2.76 bits per heavy atom. The number of ether oxygens (including phenoxy) is 1. The van der Waals surface area contributed by atoms with Crippen molar-refractivity contribution in [3.05, 3.63) is 64.9 Å². The minimum atomic E-state index is -0.588. The van der Waals surface area contributed by atoms with E-state index in [9.17, 15) is 4.39 Å². The van der Waals surface area contributed by atoms with Crippen LogP contribution >= 0.6 is 27.5 Å². The summed E-state index contributed by atoms with van der Waals surface area (Å²) < 4.78 is 19.6. The fraction of sp³-hybridized carbons (Fsp3) is 0.0625. The number of hydrogen-bond acceptors (Lipinski definition) is 2. The minimum Gasteiger partial charge on any atom is -0.436 e. The van der Waals surface area contributed by atoms with E-state index in [-0.39, 0.29) is 10.8 Å². The third-order valence-corrected chi connectivity index (χ3v) is 3.93. The molecule has 2 nitrogen and oxygen atoms in total. The van der Waals surface area contributed by atoms with Crippen LogP contribution in [-0.4, -0.2) is 4.98 Å². The molecule has 21 heavy (non-hydrogen) atoms. The van der Waals surface area contributed by atoms with Crippen molar-refractivity contribution in [2.24, 2.45) is 0 Å². The first-order valence-corrected chi connectivity index (χ1v) is 7.75. The summed E-state index contributed by atoms with van der Waals surface area (Å²) in [6.45, 7) is 0. The number of pyridine rings is 1. The number of fused-ring (bicyclic) bond motifs is 1. The Bertz CT molecular complexity index is 809. The standard InChI is InChI=1S/C16H10BrClFNO/c17-9-11-8-10-4-1-2-6-13(10)20-16(11)21-14-7-3-5-12(18)15(14)19/h1-8H,9H2. The molecule has 1 heterocycles. The smallest absolute Gasteiger partial charge is 0.224 e.